The van der Waals surface area contributed by atoms with Crippen LogP contribution in [-0.2, 0) is 6.42 Å². The monoisotopic (exact) mass is 257 g/mol. The van der Waals surface area contributed by atoms with Crippen molar-refractivity contribution in [3.05, 3.63) is 36.0 Å². The minimum atomic E-state index is 0.671. The van der Waals surface area contributed by atoms with E-state index >= 15 is 0 Å². The molecule has 1 atom stereocenters. The van der Waals surface area contributed by atoms with Crippen LogP contribution in [0.25, 0.3) is 0 Å². The molecule has 5 heteroatoms. The van der Waals surface area contributed by atoms with Gasteiger partial charge in [-0.3, -0.25) is 5.10 Å². The summed E-state index contributed by atoms with van der Waals surface area (Å²) in [6, 6.07) is 4.07. The fourth-order valence-corrected chi connectivity index (χ4v) is 2.77. The number of nitrogens with zero attached hydrogens (tertiary/aromatic N) is 4. The lowest BCUT2D eigenvalue weighted by atomic mass is 9.93. The number of H-pyrrole nitrogens is 1. The Morgan fingerprint density at radius 3 is 3.11 bits per heavy atom. The molecular formula is C14H19N5. The highest BCUT2D eigenvalue weighted by Gasteiger charge is 2.21. The molecule has 2 aromatic heterocycles. The lowest BCUT2D eigenvalue weighted by Gasteiger charge is -2.33. The van der Waals surface area contributed by atoms with E-state index in [9.17, 15) is 0 Å². The molecule has 100 valence electrons. The van der Waals surface area contributed by atoms with Crippen molar-refractivity contribution in [2.45, 2.75) is 26.2 Å². The van der Waals surface area contributed by atoms with Gasteiger partial charge in [0.1, 0.15) is 11.6 Å². The molecule has 0 amide bonds. The van der Waals surface area contributed by atoms with E-state index in [1.54, 1.807) is 0 Å². The maximum absolute atomic E-state index is 4.52. The fraction of sp³-hybridized carbons (Fsp3) is 0.500. The zero-order valence-corrected chi connectivity index (χ0v) is 11.2. The average molecular weight is 257 g/mol. The molecule has 0 aliphatic carbocycles. The molecule has 0 spiro atoms. The summed E-state index contributed by atoms with van der Waals surface area (Å²) >= 11 is 0. The summed E-state index contributed by atoms with van der Waals surface area (Å²) in [4.78, 5) is 11.1. The van der Waals surface area contributed by atoms with Crippen LogP contribution >= 0.6 is 0 Å². The first kappa shape index (κ1) is 12.1. The third-order valence-electron chi connectivity index (χ3n) is 3.67. The van der Waals surface area contributed by atoms with E-state index in [4.69, 9.17) is 0 Å². The second-order valence-electron chi connectivity index (χ2n) is 5.20. The summed E-state index contributed by atoms with van der Waals surface area (Å²) in [6.07, 6.45) is 7.24. The molecule has 3 rings (SSSR count). The molecule has 1 aliphatic heterocycles. The molecule has 2 aromatic rings. The Morgan fingerprint density at radius 2 is 2.32 bits per heavy atom. The van der Waals surface area contributed by atoms with Crippen molar-refractivity contribution in [1.29, 1.82) is 0 Å². The third-order valence-corrected chi connectivity index (χ3v) is 3.67. The van der Waals surface area contributed by atoms with Crippen molar-refractivity contribution >= 4 is 5.82 Å². The number of hydrogen-bond acceptors (Lipinski definition) is 4. The zero-order valence-electron chi connectivity index (χ0n) is 11.2. The number of piperidine rings is 1. The van der Waals surface area contributed by atoms with Crippen molar-refractivity contribution in [1.82, 2.24) is 20.2 Å². The predicted octanol–water partition coefficient (Wildman–Crippen LogP) is 1.97. The molecule has 0 radical (unpaired) electrons. The van der Waals surface area contributed by atoms with Gasteiger partial charge in [-0.15, -0.1) is 0 Å². The Balaban J connectivity index is 1.67. The molecule has 3 heterocycles. The Labute approximate surface area is 113 Å². The van der Waals surface area contributed by atoms with Crippen molar-refractivity contribution < 1.29 is 0 Å². The summed E-state index contributed by atoms with van der Waals surface area (Å²) in [7, 11) is 0. The second kappa shape index (κ2) is 5.38. The molecule has 1 N–H and O–H groups in total. The third kappa shape index (κ3) is 2.92. The van der Waals surface area contributed by atoms with Gasteiger partial charge in [0.2, 0.25) is 0 Å². The Bertz CT molecular complexity index is 522. The van der Waals surface area contributed by atoms with Crippen LogP contribution in [0.3, 0.4) is 0 Å². The van der Waals surface area contributed by atoms with Gasteiger partial charge >= 0.3 is 0 Å². The van der Waals surface area contributed by atoms with E-state index in [1.807, 2.05) is 25.4 Å². The Morgan fingerprint density at radius 1 is 1.37 bits per heavy atom. The first-order chi connectivity index (χ1) is 9.31. The van der Waals surface area contributed by atoms with E-state index in [-0.39, 0.29) is 0 Å². The summed E-state index contributed by atoms with van der Waals surface area (Å²) in [5.74, 6) is 2.57. The maximum Gasteiger partial charge on any atom is 0.132 e. The van der Waals surface area contributed by atoms with Crippen LogP contribution in [0, 0.1) is 12.8 Å². The molecule has 0 bridgehead atoms. The normalized spacial score (nSPS) is 19.6. The van der Waals surface area contributed by atoms with Gasteiger partial charge in [0.25, 0.3) is 0 Å². The molecule has 1 fully saturated rings. The Hall–Kier alpha value is -1.91. The van der Waals surface area contributed by atoms with Gasteiger partial charge in [-0.1, -0.05) is 0 Å². The number of aromatic amines is 1. The molecule has 1 saturated heterocycles. The maximum atomic E-state index is 4.52. The van der Waals surface area contributed by atoms with E-state index < -0.39 is 0 Å². The molecule has 5 nitrogen and oxygen atoms in total. The van der Waals surface area contributed by atoms with Gasteiger partial charge in [-0.05, 0) is 44.2 Å². The number of aryl methyl sites for hydroxylation is 1. The fourth-order valence-electron chi connectivity index (χ4n) is 2.77. The van der Waals surface area contributed by atoms with Gasteiger partial charge in [0.15, 0.2) is 0 Å². The van der Waals surface area contributed by atoms with Gasteiger partial charge in [0, 0.05) is 31.2 Å². The van der Waals surface area contributed by atoms with Crippen LogP contribution in [0.1, 0.15) is 24.4 Å². The number of nitrogens with one attached hydrogen (secondary N) is 1. The van der Waals surface area contributed by atoms with Crippen LogP contribution in [0.5, 0.6) is 0 Å². The lowest BCUT2D eigenvalue weighted by molar-refractivity contribution is 0.408. The highest BCUT2D eigenvalue weighted by Crippen LogP contribution is 2.23. The first-order valence-corrected chi connectivity index (χ1v) is 6.84. The van der Waals surface area contributed by atoms with E-state index in [1.165, 1.54) is 18.5 Å². The van der Waals surface area contributed by atoms with E-state index in [0.29, 0.717) is 5.92 Å². The van der Waals surface area contributed by atoms with Crippen molar-refractivity contribution in [3.63, 3.8) is 0 Å². The highest BCUT2D eigenvalue weighted by molar-refractivity contribution is 5.38. The zero-order chi connectivity index (χ0) is 13.1. The number of aromatic nitrogens is 4. The number of rotatable bonds is 3. The van der Waals surface area contributed by atoms with Crippen LogP contribution in [-0.4, -0.2) is 33.3 Å². The van der Waals surface area contributed by atoms with Gasteiger partial charge in [-0.2, -0.15) is 5.10 Å². The number of hydrogen-bond donors (Lipinski definition) is 1. The van der Waals surface area contributed by atoms with Gasteiger partial charge in [0.05, 0.1) is 0 Å². The lowest BCUT2D eigenvalue weighted by Crippen LogP contribution is -2.36. The van der Waals surface area contributed by atoms with Crippen molar-refractivity contribution in [2.75, 3.05) is 18.0 Å². The Kier molecular flexibility index (Phi) is 3.44. The standard InChI is InChI=1S/C14H19N5/c1-11-15-6-5-14(17-11)19-8-2-3-12(10-19)9-13-4-7-16-18-13/h4-7,12H,2-3,8-10H2,1H3,(H,16,18)/t12-/m0/s1. The van der Waals surface area contributed by atoms with Crippen LogP contribution in [0.15, 0.2) is 24.5 Å². The molecule has 1 aliphatic rings. The summed E-state index contributed by atoms with van der Waals surface area (Å²) < 4.78 is 0. The van der Waals surface area contributed by atoms with Crippen LogP contribution in [0.4, 0.5) is 5.82 Å². The summed E-state index contributed by atoms with van der Waals surface area (Å²) in [5, 5.41) is 7.07. The SMILES string of the molecule is Cc1nccc(N2CCC[C@@H](Cc3ccn[nH]3)C2)n1. The molecule has 0 unspecified atom stereocenters. The molecule has 0 saturated carbocycles. The minimum absolute atomic E-state index is 0.671. The van der Waals surface area contributed by atoms with Gasteiger partial charge in [-0.25, -0.2) is 9.97 Å². The number of anilines is 1. The van der Waals surface area contributed by atoms with E-state index in [2.05, 4.69) is 31.1 Å². The second-order valence-corrected chi connectivity index (χ2v) is 5.20. The quantitative estimate of drug-likeness (QED) is 0.913. The van der Waals surface area contributed by atoms with Gasteiger partial charge < -0.3 is 4.90 Å². The largest absolute Gasteiger partial charge is 0.356 e. The molecular weight excluding hydrogens is 238 g/mol. The highest BCUT2D eigenvalue weighted by atomic mass is 15.2. The minimum Gasteiger partial charge on any atom is -0.356 e. The first-order valence-electron chi connectivity index (χ1n) is 6.84. The topological polar surface area (TPSA) is 57.7 Å². The van der Waals surface area contributed by atoms with E-state index in [0.717, 1.165) is 31.2 Å². The van der Waals surface area contributed by atoms with Crippen LogP contribution in [0.2, 0.25) is 0 Å². The molecule has 0 aromatic carbocycles. The summed E-state index contributed by atoms with van der Waals surface area (Å²) in [5.41, 5.74) is 1.23. The smallest absolute Gasteiger partial charge is 0.132 e. The van der Waals surface area contributed by atoms with Crippen molar-refractivity contribution in [3.8, 4) is 0 Å². The summed E-state index contributed by atoms with van der Waals surface area (Å²) in [6.45, 7) is 4.10. The predicted molar refractivity (Wildman–Crippen MR) is 74.0 cm³/mol. The van der Waals surface area contributed by atoms with Crippen molar-refractivity contribution in [2.24, 2.45) is 5.92 Å². The average Bonchev–Trinajstić information content (AvgIpc) is 2.92. The van der Waals surface area contributed by atoms with Crippen LogP contribution < -0.4 is 4.90 Å². The molecule has 19 heavy (non-hydrogen) atoms.